The van der Waals surface area contributed by atoms with E-state index >= 15 is 0 Å². The van der Waals surface area contributed by atoms with Crippen molar-refractivity contribution in [3.8, 4) is 5.75 Å². The molecule has 3 aliphatic rings. The summed E-state index contributed by atoms with van der Waals surface area (Å²) in [6, 6.07) is 7.89. The number of benzene rings is 1. The molecule has 6 heteroatoms. The summed E-state index contributed by atoms with van der Waals surface area (Å²) in [6.45, 7) is 6.83. The molecule has 2 fully saturated rings. The lowest BCUT2D eigenvalue weighted by Crippen LogP contribution is -2.57. The number of piperidine rings is 1. The topological polar surface area (TPSA) is 76.6 Å². The van der Waals surface area contributed by atoms with Crippen molar-refractivity contribution in [3.05, 3.63) is 62.6 Å². The largest absolute Gasteiger partial charge is 0.508 e. The Morgan fingerprint density at radius 2 is 1.94 bits per heavy atom. The van der Waals surface area contributed by atoms with Crippen LogP contribution in [0.4, 0.5) is 0 Å². The summed E-state index contributed by atoms with van der Waals surface area (Å²) in [5.41, 5.74) is 4.26. The number of phenols is 1. The number of H-pyrrole nitrogens is 1. The first-order chi connectivity index (χ1) is 15.3. The molecule has 2 saturated heterocycles. The molecule has 1 amide bonds. The average Bonchev–Trinajstić information content (AvgIpc) is 3.31. The lowest BCUT2D eigenvalue weighted by atomic mass is 9.56. The first-order valence-corrected chi connectivity index (χ1v) is 11.8. The van der Waals surface area contributed by atoms with Gasteiger partial charge in [0.1, 0.15) is 11.3 Å². The van der Waals surface area contributed by atoms with Crippen LogP contribution in [-0.2, 0) is 18.3 Å². The zero-order valence-corrected chi connectivity index (χ0v) is 19.3. The van der Waals surface area contributed by atoms with E-state index in [0.717, 1.165) is 63.0 Å². The molecule has 32 heavy (non-hydrogen) atoms. The van der Waals surface area contributed by atoms with Crippen LogP contribution in [0.2, 0.25) is 0 Å². The second-order valence-electron chi connectivity index (χ2n) is 10.1. The van der Waals surface area contributed by atoms with Crippen LogP contribution >= 0.6 is 0 Å². The lowest BCUT2D eigenvalue weighted by Gasteiger charge is -2.54. The monoisotopic (exact) mass is 435 g/mol. The molecule has 1 aromatic heterocycles. The van der Waals surface area contributed by atoms with Gasteiger partial charge >= 0.3 is 0 Å². The van der Waals surface area contributed by atoms with Crippen molar-refractivity contribution >= 4 is 5.91 Å². The summed E-state index contributed by atoms with van der Waals surface area (Å²) in [5, 5.41) is 10.3. The molecule has 0 radical (unpaired) electrons. The van der Waals surface area contributed by atoms with Gasteiger partial charge in [-0.3, -0.25) is 9.59 Å². The molecule has 2 aliphatic heterocycles. The van der Waals surface area contributed by atoms with E-state index in [9.17, 15) is 14.7 Å². The van der Waals surface area contributed by atoms with Crippen LogP contribution in [0.3, 0.4) is 0 Å². The molecule has 2 N–H and O–H groups in total. The van der Waals surface area contributed by atoms with Crippen LogP contribution in [0.25, 0.3) is 0 Å². The zero-order valence-electron chi connectivity index (χ0n) is 19.3. The highest BCUT2D eigenvalue weighted by atomic mass is 16.3. The number of hydrogen-bond acceptors (Lipinski definition) is 4. The highest BCUT2D eigenvalue weighted by molar-refractivity contribution is 5.94. The number of nitrogens with one attached hydrogen (secondary N) is 1. The highest BCUT2D eigenvalue weighted by Crippen LogP contribution is 2.50. The van der Waals surface area contributed by atoms with E-state index in [1.165, 1.54) is 11.1 Å². The second kappa shape index (κ2) is 7.77. The fraction of sp³-hybridized carbons (Fsp3) is 0.538. The van der Waals surface area contributed by atoms with Gasteiger partial charge in [0.2, 0.25) is 0 Å². The van der Waals surface area contributed by atoms with Crippen molar-refractivity contribution in [1.29, 1.82) is 0 Å². The normalized spacial score (nSPS) is 27.8. The van der Waals surface area contributed by atoms with Crippen LogP contribution in [0.1, 0.15) is 58.9 Å². The molecule has 5 rings (SSSR count). The molecule has 1 aliphatic carbocycles. The van der Waals surface area contributed by atoms with Gasteiger partial charge in [0.05, 0.1) is 0 Å². The Balaban J connectivity index is 1.61. The van der Waals surface area contributed by atoms with Gasteiger partial charge in [0.15, 0.2) is 0 Å². The molecule has 0 spiro atoms. The van der Waals surface area contributed by atoms with Gasteiger partial charge < -0.3 is 19.9 Å². The SMILES string of the molecule is Cc1ccc(O)cc1C12CCN(C)C(C)C1Cc1cc(C(=O)N3CCCC3)c(=O)[nH]c1C2. The van der Waals surface area contributed by atoms with Gasteiger partial charge in [-0.15, -0.1) is 0 Å². The van der Waals surface area contributed by atoms with Crippen molar-refractivity contribution in [1.82, 2.24) is 14.8 Å². The smallest absolute Gasteiger partial charge is 0.261 e. The summed E-state index contributed by atoms with van der Waals surface area (Å²) in [5.74, 6) is 0.479. The maximum atomic E-state index is 13.0. The number of amides is 1. The minimum absolute atomic E-state index is 0.138. The van der Waals surface area contributed by atoms with Gasteiger partial charge in [-0.05, 0) is 100 Å². The number of carbonyl (C=O) groups is 1. The van der Waals surface area contributed by atoms with Crippen molar-refractivity contribution in [2.75, 3.05) is 26.7 Å². The van der Waals surface area contributed by atoms with Crippen LogP contribution in [0.15, 0.2) is 29.1 Å². The summed E-state index contributed by atoms with van der Waals surface area (Å²) in [4.78, 5) is 33.3. The molecule has 6 nitrogen and oxygen atoms in total. The Kier molecular flexibility index (Phi) is 5.16. The fourth-order valence-electron chi connectivity index (χ4n) is 6.45. The molecule has 1 aromatic carbocycles. The number of likely N-dealkylation sites (tertiary alicyclic amines) is 2. The number of fused-ring (bicyclic) bond motifs is 2. The van der Waals surface area contributed by atoms with Gasteiger partial charge in [-0.1, -0.05) is 6.07 Å². The Labute approximate surface area is 189 Å². The van der Waals surface area contributed by atoms with Gasteiger partial charge in [0, 0.05) is 30.2 Å². The number of carbonyl (C=O) groups excluding carboxylic acids is 1. The average molecular weight is 436 g/mol. The standard InChI is InChI=1S/C26H33N3O3/c1-16-6-7-19(30)14-21(16)26-8-11-28(3)17(2)22(26)13-18-12-20(24(31)27-23(18)15-26)25(32)29-9-4-5-10-29/h6-7,12,14,17,22,30H,4-5,8-11,13,15H2,1-3H3,(H,27,31). The molecule has 0 saturated carbocycles. The molecule has 170 valence electrons. The van der Waals surface area contributed by atoms with Gasteiger partial charge in [-0.2, -0.15) is 0 Å². The molecule has 0 bridgehead atoms. The molecule has 2 aromatic rings. The third-order valence-electron chi connectivity index (χ3n) is 8.43. The summed E-state index contributed by atoms with van der Waals surface area (Å²) in [7, 11) is 2.18. The number of aromatic nitrogens is 1. The quantitative estimate of drug-likeness (QED) is 0.760. The van der Waals surface area contributed by atoms with Crippen LogP contribution in [0.5, 0.6) is 5.75 Å². The number of phenolic OH excluding ortho intramolecular Hbond substituents is 1. The van der Waals surface area contributed by atoms with E-state index in [2.05, 4.69) is 30.8 Å². The van der Waals surface area contributed by atoms with Crippen LogP contribution in [0, 0.1) is 12.8 Å². The minimum Gasteiger partial charge on any atom is -0.508 e. The van der Waals surface area contributed by atoms with Crippen molar-refractivity contribution < 1.29 is 9.90 Å². The van der Waals surface area contributed by atoms with E-state index in [1.807, 2.05) is 18.2 Å². The van der Waals surface area contributed by atoms with Crippen molar-refractivity contribution in [2.45, 2.75) is 57.4 Å². The number of aryl methyl sites for hydroxylation is 1. The maximum absolute atomic E-state index is 13.0. The Morgan fingerprint density at radius 1 is 1.19 bits per heavy atom. The highest BCUT2D eigenvalue weighted by Gasteiger charge is 2.50. The Morgan fingerprint density at radius 3 is 2.69 bits per heavy atom. The van der Waals surface area contributed by atoms with E-state index in [-0.39, 0.29) is 28.2 Å². The van der Waals surface area contributed by atoms with Crippen molar-refractivity contribution in [3.63, 3.8) is 0 Å². The molecular weight excluding hydrogens is 402 g/mol. The molecule has 3 unspecified atom stereocenters. The van der Waals surface area contributed by atoms with Gasteiger partial charge in [-0.25, -0.2) is 0 Å². The predicted octanol–water partition coefficient (Wildman–Crippen LogP) is 3.00. The third kappa shape index (κ3) is 3.27. The first kappa shape index (κ1) is 21.3. The first-order valence-electron chi connectivity index (χ1n) is 11.8. The maximum Gasteiger partial charge on any atom is 0.261 e. The zero-order chi connectivity index (χ0) is 22.6. The molecule has 3 atom stereocenters. The van der Waals surface area contributed by atoms with E-state index < -0.39 is 0 Å². The number of rotatable bonds is 2. The minimum atomic E-state index is -0.275. The number of pyridine rings is 1. The number of hydrogen-bond donors (Lipinski definition) is 2. The molecular formula is C26H33N3O3. The van der Waals surface area contributed by atoms with Crippen LogP contribution < -0.4 is 5.56 Å². The summed E-state index contributed by atoms with van der Waals surface area (Å²) < 4.78 is 0. The van der Waals surface area contributed by atoms with Gasteiger partial charge in [0.25, 0.3) is 11.5 Å². The van der Waals surface area contributed by atoms with E-state index in [4.69, 9.17) is 0 Å². The van der Waals surface area contributed by atoms with Crippen LogP contribution in [-0.4, -0.2) is 58.5 Å². The number of aromatic amines is 1. The van der Waals surface area contributed by atoms with Crippen molar-refractivity contribution in [2.24, 2.45) is 5.92 Å². The second-order valence-corrected chi connectivity index (χ2v) is 10.1. The summed E-state index contributed by atoms with van der Waals surface area (Å²) >= 11 is 0. The van der Waals surface area contributed by atoms with E-state index in [0.29, 0.717) is 12.0 Å². The molecule has 3 heterocycles. The summed E-state index contributed by atoms with van der Waals surface area (Å²) in [6.07, 6.45) is 4.52. The fourth-order valence-corrected chi connectivity index (χ4v) is 6.45. The Bertz CT molecular complexity index is 1120. The third-order valence-corrected chi connectivity index (χ3v) is 8.43. The number of nitrogens with zero attached hydrogens (tertiary/aromatic N) is 2. The van der Waals surface area contributed by atoms with E-state index in [1.54, 1.807) is 11.0 Å². The Hall–Kier alpha value is -2.60. The number of aromatic hydroxyl groups is 1. The predicted molar refractivity (Wildman–Crippen MR) is 124 cm³/mol. The lowest BCUT2D eigenvalue weighted by molar-refractivity contribution is 0.0447.